The summed E-state index contributed by atoms with van der Waals surface area (Å²) < 4.78 is 0. The second kappa shape index (κ2) is 7.39. The quantitative estimate of drug-likeness (QED) is 0.651. The first kappa shape index (κ1) is 18.5. The number of amides is 2. The van der Waals surface area contributed by atoms with E-state index in [1.54, 1.807) is 12.1 Å². The van der Waals surface area contributed by atoms with E-state index in [2.05, 4.69) is 15.3 Å². The molecule has 2 unspecified atom stereocenters. The van der Waals surface area contributed by atoms with Crippen molar-refractivity contribution in [3.8, 4) is 0 Å². The number of carbonyl (C=O) groups is 2. The zero-order chi connectivity index (χ0) is 20.0. The molecule has 3 heterocycles. The monoisotopic (exact) mass is 426 g/mol. The van der Waals surface area contributed by atoms with Gasteiger partial charge >= 0.3 is 0 Å². The molecule has 3 aromatic rings. The minimum atomic E-state index is -0.451. The molecule has 0 radical (unpaired) electrons. The number of H-pyrrole nitrogens is 1. The first-order valence-corrected chi connectivity index (χ1v) is 10.9. The van der Waals surface area contributed by atoms with Gasteiger partial charge in [0.05, 0.1) is 28.0 Å². The number of thioether (sulfide) groups is 1. The number of para-hydroxylation sites is 2. The number of hydrogen-bond donors (Lipinski definition) is 2. The number of rotatable bonds is 3. The van der Waals surface area contributed by atoms with E-state index >= 15 is 0 Å². The zero-order valence-electron chi connectivity index (χ0n) is 15.5. The highest BCUT2D eigenvalue weighted by atomic mass is 35.5. The van der Waals surface area contributed by atoms with Gasteiger partial charge in [-0.25, -0.2) is 4.98 Å². The summed E-state index contributed by atoms with van der Waals surface area (Å²) in [6.07, 6.45) is 1.96. The largest absolute Gasteiger partial charge is 0.340 e. The molecule has 1 saturated heterocycles. The number of halogens is 1. The number of nitrogens with one attached hydrogen (secondary N) is 2. The smallest absolute Gasteiger partial charge is 0.238 e. The van der Waals surface area contributed by atoms with Crippen LogP contribution in [0.4, 0.5) is 5.69 Å². The molecule has 0 bridgehead atoms. The number of aromatic amines is 1. The number of hydrogen-bond acceptors (Lipinski definition) is 4. The average molecular weight is 427 g/mol. The second-order valence-electron chi connectivity index (χ2n) is 7.32. The van der Waals surface area contributed by atoms with Crippen molar-refractivity contribution in [3.63, 3.8) is 0 Å². The lowest BCUT2D eigenvalue weighted by atomic mass is 10.2. The summed E-state index contributed by atoms with van der Waals surface area (Å²) in [6, 6.07) is 13.2. The van der Waals surface area contributed by atoms with Gasteiger partial charge in [0.15, 0.2) is 0 Å². The molecule has 2 N–H and O–H groups in total. The van der Waals surface area contributed by atoms with Crippen LogP contribution in [0.15, 0.2) is 47.4 Å². The van der Waals surface area contributed by atoms with E-state index in [9.17, 15) is 9.59 Å². The molecule has 29 heavy (non-hydrogen) atoms. The zero-order valence-corrected chi connectivity index (χ0v) is 17.1. The van der Waals surface area contributed by atoms with E-state index in [4.69, 9.17) is 11.6 Å². The van der Waals surface area contributed by atoms with Crippen LogP contribution in [0.5, 0.6) is 0 Å². The number of aromatic nitrogens is 2. The van der Waals surface area contributed by atoms with Gasteiger partial charge in [0.25, 0.3) is 0 Å². The highest BCUT2D eigenvalue weighted by molar-refractivity contribution is 8.01. The fourth-order valence-corrected chi connectivity index (χ4v) is 5.27. The van der Waals surface area contributed by atoms with Crippen molar-refractivity contribution in [3.05, 3.63) is 53.3 Å². The van der Waals surface area contributed by atoms with Crippen LogP contribution in [0.2, 0.25) is 5.02 Å². The average Bonchev–Trinajstić information content (AvgIpc) is 3.35. The normalized spacial score (nSPS) is 21.3. The first-order chi connectivity index (χ1) is 14.1. The molecule has 2 aromatic carbocycles. The van der Waals surface area contributed by atoms with E-state index in [0.29, 0.717) is 17.3 Å². The van der Waals surface area contributed by atoms with E-state index in [-0.39, 0.29) is 24.3 Å². The van der Waals surface area contributed by atoms with Gasteiger partial charge in [-0.2, -0.15) is 0 Å². The molecule has 1 aromatic heterocycles. The van der Waals surface area contributed by atoms with Crippen molar-refractivity contribution in [2.45, 2.75) is 35.4 Å². The van der Waals surface area contributed by atoms with Gasteiger partial charge in [-0.15, -0.1) is 11.8 Å². The maximum Gasteiger partial charge on any atom is 0.238 e. The second-order valence-corrected chi connectivity index (χ2v) is 9.01. The van der Waals surface area contributed by atoms with Gasteiger partial charge in [-0.05, 0) is 43.2 Å². The molecule has 0 aliphatic carbocycles. The van der Waals surface area contributed by atoms with Crippen molar-refractivity contribution in [1.82, 2.24) is 14.9 Å². The molecule has 0 saturated carbocycles. The van der Waals surface area contributed by atoms with Crippen LogP contribution in [0, 0.1) is 0 Å². The molecular formula is C21H19ClN4O2S. The van der Waals surface area contributed by atoms with Crippen molar-refractivity contribution in [2.75, 3.05) is 11.9 Å². The molecule has 0 spiro atoms. The van der Waals surface area contributed by atoms with Gasteiger partial charge in [0.1, 0.15) is 5.82 Å². The summed E-state index contributed by atoms with van der Waals surface area (Å²) in [5.41, 5.74) is 2.58. The van der Waals surface area contributed by atoms with E-state index < -0.39 is 5.25 Å². The summed E-state index contributed by atoms with van der Waals surface area (Å²) in [5.74, 6) is 0.647. The highest BCUT2D eigenvalue weighted by Gasteiger charge is 2.36. The summed E-state index contributed by atoms with van der Waals surface area (Å²) in [5, 5.41) is 3.00. The molecular weight excluding hydrogens is 408 g/mol. The Morgan fingerprint density at radius 3 is 3.00 bits per heavy atom. The number of anilines is 1. The van der Waals surface area contributed by atoms with Crippen LogP contribution in [-0.2, 0) is 9.59 Å². The Bertz CT molecular complexity index is 1080. The molecule has 2 amide bonds. The highest BCUT2D eigenvalue weighted by Crippen LogP contribution is 2.39. The fraction of sp³-hybridized carbons (Fsp3) is 0.286. The minimum Gasteiger partial charge on any atom is -0.340 e. The van der Waals surface area contributed by atoms with Gasteiger partial charge in [-0.3, -0.25) is 9.59 Å². The number of carbonyl (C=O) groups excluding carboxylic acids is 2. The lowest BCUT2D eigenvalue weighted by Gasteiger charge is -2.28. The first-order valence-electron chi connectivity index (χ1n) is 9.60. The maximum atomic E-state index is 13.1. The summed E-state index contributed by atoms with van der Waals surface area (Å²) in [4.78, 5) is 36.4. The number of likely N-dealkylation sites (tertiary alicyclic amines) is 1. The molecule has 2 atom stereocenters. The summed E-state index contributed by atoms with van der Waals surface area (Å²) >= 11 is 7.42. The van der Waals surface area contributed by atoms with Crippen LogP contribution in [-0.4, -0.2) is 38.5 Å². The topological polar surface area (TPSA) is 78.1 Å². The van der Waals surface area contributed by atoms with Crippen LogP contribution in [0.3, 0.4) is 0 Å². The molecule has 2 aliphatic heterocycles. The van der Waals surface area contributed by atoms with Gasteiger partial charge in [0, 0.05) is 22.9 Å². The molecule has 5 rings (SSSR count). The molecule has 148 valence electrons. The molecule has 8 heteroatoms. The Kier molecular flexibility index (Phi) is 4.72. The van der Waals surface area contributed by atoms with Crippen LogP contribution in [0.25, 0.3) is 11.0 Å². The molecule has 2 aliphatic rings. The van der Waals surface area contributed by atoms with Crippen LogP contribution < -0.4 is 5.32 Å². The van der Waals surface area contributed by atoms with E-state index in [0.717, 1.165) is 34.6 Å². The number of imidazole rings is 1. The minimum absolute atomic E-state index is 0.0157. The number of benzene rings is 2. The lowest BCUT2D eigenvalue weighted by Crippen LogP contribution is -2.37. The predicted octanol–water partition coefficient (Wildman–Crippen LogP) is 4.38. The predicted molar refractivity (Wildman–Crippen MR) is 114 cm³/mol. The van der Waals surface area contributed by atoms with Crippen LogP contribution in [0.1, 0.15) is 31.1 Å². The Morgan fingerprint density at radius 1 is 1.28 bits per heavy atom. The number of fused-ring (bicyclic) bond motifs is 2. The third-order valence-electron chi connectivity index (χ3n) is 5.42. The summed E-state index contributed by atoms with van der Waals surface area (Å²) in [6.45, 7) is 0.686. The van der Waals surface area contributed by atoms with Gasteiger partial charge in [-0.1, -0.05) is 23.7 Å². The standard InChI is InChI=1S/C21H19ClN4O2S/c22-12-7-8-17-15(10-12)25-21(28)18(29-17)11-19(27)26-9-3-6-16(26)20-23-13-4-1-2-5-14(13)24-20/h1-2,4-5,7-8,10,16,18H,3,6,9,11H2,(H,23,24)(H,25,28). The van der Waals surface area contributed by atoms with Crippen molar-refractivity contribution >= 4 is 51.9 Å². The van der Waals surface area contributed by atoms with Crippen LogP contribution >= 0.6 is 23.4 Å². The van der Waals surface area contributed by atoms with Crippen molar-refractivity contribution < 1.29 is 9.59 Å². The van der Waals surface area contributed by atoms with E-state index in [1.807, 2.05) is 35.2 Å². The van der Waals surface area contributed by atoms with Gasteiger partial charge < -0.3 is 15.2 Å². The molecule has 1 fully saturated rings. The third-order valence-corrected chi connectivity index (χ3v) is 6.93. The summed E-state index contributed by atoms with van der Waals surface area (Å²) in [7, 11) is 0. The Morgan fingerprint density at radius 2 is 2.14 bits per heavy atom. The van der Waals surface area contributed by atoms with Crippen molar-refractivity contribution in [1.29, 1.82) is 0 Å². The van der Waals surface area contributed by atoms with E-state index in [1.165, 1.54) is 11.8 Å². The molecule has 6 nitrogen and oxygen atoms in total. The number of nitrogens with zero attached hydrogens (tertiary/aromatic N) is 2. The SMILES string of the molecule is O=C1Nc2cc(Cl)ccc2SC1CC(=O)N1CCCC1c1nc2ccccc2[nH]1. The fourth-order valence-electron chi connectivity index (χ4n) is 4.01. The lowest BCUT2D eigenvalue weighted by molar-refractivity contribution is -0.133. The Balaban J connectivity index is 1.33. The Labute approximate surface area is 177 Å². The van der Waals surface area contributed by atoms with Gasteiger partial charge in [0.2, 0.25) is 11.8 Å². The third kappa shape index (κ3) is 3.49. The Hall–Kier alpha value is -2.51. The maximum absolute atomic E-state index is 13.1. The van der Waals surface area contributed by atoms with Crippen molar-refractivity contribution in [2.24, 2.45) is 0 Å².